The molecule has 0 radical (unpaired) electrons. The maximum absolute atomic E-state index is 12.8. The van der Waals surface area contributed by atoms with Gasteiger partial charge in [-0.1, -0.05) is 0 Å². The zero-order valence-electron chi connectivity index (χ0n) is 18.1. The molecule has 0 aliphatic carbocycles. The molecule has 0 aliphatic rings. The number of nitrogens with zero attached hydrogens (tertiary/aromatic N) is 5. The molecular weight excluding hydrogens is 458 g/mol. The molecule has 0 fully saturated rings. The molecule has 2 aromatic carbocycles. The van der Waals surface area contributed by atoms with Gasteiger partial charge in [-0.15, -0.1) is 0 Å². The van der Waals surface area contributed by atoms with Crippen molar-refractivity contribution in [2.75, 3.05) is 10.0 Å². The highest BCUT2D eigenvalue weighted by molar-refractivity contribution is 7.92. The number of anilines is 3. The van der Waals surface area contributed by atoms with Crippen LogP contribution < -0.4 is 15.8 Å². The Labute approximate surface area is 193 Å². The first kappa shape index (κ1) is 21.4. The summed E-state index contributed by atoms with van der Waals surface area (Å²) in [5, 5.41) is 3.17. The van der Waals surface area contributed by atoms with E-state index in [0.717, 1.165) is 5.82 Å². The normalized spacial score (nSPS) is 11.6. The van der Waals surface area contributed by atoms with Crippen LogP contribution in [0.3, 0.4) is 0 Å². The number of nitrogens with one attached hydrogen (secondary N) is 2. The summed E-state index contributed by atoms with van der Waals surface area (Å²) in [6.07, 6.45) is 4.96. The molecule has 11 nitrogen and oxygen atoms in total. The summed E-state index contributed by atoms with van der Waals surface area (Å²) in [4.78, 5) is 24.4. The number of aromatic nitrogens is 5. The van der Waals surface area contributed by atoms with E-state index >= 15 is 0 Å². The van der Waals surface area contributed by atoms with Gasteiger partial charge in [0.2, 0.25) is 0 Å². The molecule has 0 aliphatic heterocycles. The molecule has 2 N–H and O–H groups in total. The monoisotopic (exact) mass is 477 g/mol. The van der Waals surface area contributed by atoms with Gasteiger partial charge in [-0.25, -0.2) is 28.2 Å². The Hall–Kier alpha value is -4.45. The molecule has 0 amide bonds. The van der Waals surface area contributed by atoms with E-state index in [-0.39, 0.29) is 4.90 Å². The fraction of sp³-hybridized carbons (Fsp3) is 0.0909. The highest BCUT2D eigenvalue weighted by Crippen LogP contribution is 2.23. The van der Waals surface area contributed by atoms with Crippen molar-refractivity contribution in [2.24, 2.45) is 7.05 Å². The van der Waals surface area contributed by atoms with E-state index in [1.165, 1.54) is 36.1 Å². The topological polar surface area (TPSA) is 137 Å². The number of fused-ring (bicyclic) bond motifs is 1. The maximum atomic E-state index is 12.8. The van der Waals surface area contributed by atoms with Crippen LogP contribution in [0.5, 0.6) is 0 Å². The quantitative estimate of drug-likeness (QED) is 0.381. The van der Waals surface area contributed by atoms with E-state index in [0.29, 0.717) is 34.1 Å². The lowest BCUT2D eigenvalue weighted by molar-refractivity contribution is 0.528. The Morgan fingerprint density at radius 2 is 1.74 bits per heavy atom. The first-order valence-electron chi connectivity index (χ1n) is 10.1. The van der Waals surface area contributed by atoms with E-state index in [2.05, 4.69) is 25.0 Å². The Kier molecular flexibility index (Phi) is 5.13. The fourth-order valence-electron chi connectivity index (χ4n) is 3.42. The molecule has 172 valence electrons. The van der Waals surface area contributed by atoms with Crippen LogP contribution >= 0.6 is 0 Å². The van der Waals surface area contributed by atoms with Crippen LogP contribution in [-0.2, 0) is 17.1 Å². The molecular formula is C22H19N7O4S. The van der Waals surface area contributed by atoms with Crippen LogP contribution in [0.25, 0.3) is 16.9 Å². The van der Waals surface area contributed by atoms with Crippen molar-refractivity contribution < 1.29 is 12.8 Å². The molecule has 0 unspecified atom stereocenters. The van der Waals surface area contributed by atoms with Crippen LogP contribution in [0.4, 0.5) is 17.2 Å². The van der Waals surface area contributed by atoms with Crippen molar-refractivity contribution in [1.29, 1.82) is 0 Å². The van der Waals surface area contributed by atoms with Gasteiger partial charge in [0.15, 0.2) is 5.58 Å². The lowest BCUT2D eigenvalue weighted by atomic mass is 10.3. The molecule has 3 aromatic heterocycles. The van der Waals surface area contributed by atoms with Crippen LogP contribution in [-0.4, -0.2) is 32.5 Å². The molecule has 34 heavy (non-hydrogen) atoms. The molecule has 5 aromatic rings. The second kappa shape index (κ2) is 8.15. The maximum Gasteiger partial charge on any atom is 0.419 e. The molecule has 0 atom stereocenters. The molecule has 3 heterocycles. The molecule has 0 saturated carbocycles. The lowest BCUT2D eigenvalue weighted by Crippen LogP contribution is -2.13. The number of benzene rings is 2. The van der Waals surface area contributed by atoms with Crippen molar-refractivity contribution >= 4 is 38.3 Å². The Morgan fingerprint density at radius 1 is 0.971 bits per heavy atom. The summed E-state index contributed by atoms with van der Waals surface area (Å²) >= 11 is 0. The SMILES string of the molecule is Cc1nccn1-c1cc(Nc2ccc(NS(=O)(=O)c3ccc4oc(=O)n(C)c4c3)cc2)ncn1. The van der Waals surface area contributed by atoms with Crippen LogP contribution in [0, 0.1) is 6.92 Å². The van der Waals surface area contributed by atoms with Crippen molar-refractivity contribution in [1.82, 2.24) is 24.1 Å². The van der Waals surface area contributed by atoms with Crippen LogP contribution in [0.15, 0.2) is 81.4 Å². The van der Waals surface area contributed by atoms with E-state index < -0.39 is 15.8 Å². The number of hydrogen-bond donors (Lipinski definition) is 2. The highest BCUT2D eigenvalue weighted by atomic mass is 32.2. The Balaban J connectivity index is 1.33. The largest absolute Gasteiger partial charge is 0.419 e. The third-order valence-electron chi connectivity index (χ3n) is 5.21. The minimum absolute atomic E-state index is 0.0157. The summed E-state index contributed by atoms with van der Waals surface area (Å²) in [6.45, 7) is 1.88. The number of imidazole rings is 1. The molecule has 0 saturated heterocycles. The number of sulfonamides is 1. The first-order valence-corrected chi connectivity index (χ1v) is 11.6. The van der Waals surface area contributed by atoms with Gasteiger partial charge in [0, 0.05) is 36.9 Å². The third kappa shape index (κ3) is 4.01. The zero-order valence-corrected chi connectivity index (χ0v) is 18.9. The number of hydrogen-bond acceptors (Lipinski definition) is 8. The zero-order chi connectivity index (χ0) is 23.9. The van der Waals surface area contributed by atoms with Gasteiger partial charge in [-0.2, -0.15) is 0 Å². The summed E-state index contributed by atoms with van der Waals surface area (Å²) in [5.41, 5.74) is 1.80. The lowest BCUT2D eigenvalue weighted by Gasteiger charge is -2.11. The van der Waals surface area contributed by atoms with Gasteiger partial charge in [0.05, 0.1) is 10.4 Å². The fourth-order valence-corrected chi connectivity index (χ4v) is 4.50. The van der Waals surface area contributed by atoms with Gasteiger partial charge < -0.3 is 9.73 Å². The predicted molar refractivity (Wildman–Crippen MR) is 126 cm³/mol. The summed E-state index contributed by atoms with van der Waals surface area (Å²) in [5.74, 6) is 1.49. The smallest absolute Gasteiger partial charge is 0.408 e. The van der Waals surface area contributed by atoms with Crippen LogP contribution in [0.1, 0.15) is 5.82 Å². The Bertz CT molecular complexity index is 1670. The van der Waals surface area contributed by atoms with Crippen LogP contribution in [0.2, 0.25) is 0 Å². The highest BCUT2D eigenvalue weighted by Gasteiger charge is 2.17. The van der Waals surface area contributed by atoms with E-state index in [9.17, 15) is 13.2 Å². The average molecular weight is 478 g/mol. The average Bonchev–Trinajstić information content (AvgIpc) is 3.37. The van der Waals surface area contributed by atoms with Gasteiger partial charge in [0.25, 0.3) is 10.0 Å². The van der Waals surface area contributed by atoms with Crippen molar-refractivity contribution in [3.63, 3.8) is 0 Å². The van der Waals surface area contributed by atoms with Gasteiger partial charge in [-0.05, 0) is 49.4 Å². The molecule has 12 heteroatoms. The molecule has 0 spiro atoms. The van der Waals surface area contributed by atoms with E-state index in [1.807, 2.05) is 17.7 Å². The standard InChI is InChI=1S/C22H19N7O4S/c1-14-23-9-10-29(14)21-12-20(24-13-25-21)26-15-3-5-16(6-4-15)27-34(31,32)17-7-8-19-18(11-17)28(2)22(30)33-19/h3-13,27H,1-2H3,(H,24,25,26). The minimum Gasteiger partial charge on any atom is -0.408 e. The van der Waals surface area contributed by atoms with Crippen molar-refractivity contribution in [3.8, 4) is 5.82 Å². The summed E-state index contributed by atoms with van der Waals surface area (Å²) in [7, 11) is -2.36. The first-order chi connectivity index (χ1) is 16.3. The predicted octanol–water partition coefficient (Wildman–Crippen LogP) is 2.96. The number of rotatable bonds is 6. The second-order valence-corrected chi connectivity index (χ2v) is 9.15. The third-order valence-corrected chi connectivity index (χ3v) is 6.59. The van der Waals surface area contributed by atoms with Gasteiger partial charge in [-0.3, -0.25) is 13.9 Å². The van der Waals surface area contributed by atoms with Gasteiger partial charge >= 0.3 is 5.76 Å². The van der Waals surface area contributed by atoms with E-state index in [4.69, 9.17) is 4.42 Å². The second-order valence-electron chi connectivity index (χ2n) is 7.47. The Morgan fingerprint density at radius 3 is 2.47 bits per heavy atom. The molecule has 0 bridgehead atoms. The van der Waals surface area contributed by atoms with Crippen molar-refractivity contribution in [3.05, 3.63) is 83.6 Å². The van der Waals surface area contributed by atoms with Gasteiger partial charge in [0.1, 0.15) is 23.8 Å². The van der Waals surface area contributed by atoms with E-state index in [1.54, 1.807) is 36.5 Å². The van der Waals surface area contributed by atoms with Crippen molar-refractivity contribution in [2.45, 2.75) is 11.8 Å². The summed E-state index contributed by atoms with van der Waals surface area (Å²) < 4.78 is 36.4. The minimum atomic E-state index is -3.88. The number of oxazole rings is 1. The molecule has 5 rings (SSSR count). The number of aryl methyl sites for hydroxylation is 2. The summed E-state index contributed by atoms with van der Waals surface area (Å²) in [6, 6.07) is 12.7.